The number of hydrogen-bond donors (Lipinski definition) is 0. The second-order valence-corrected chi connectivity index (χ2v) is 8.31. The zero-order valence-electron chi connectivity index (χ0n) is 18.9. The van der Waals surface area contributed by atoms with E-state index in [1.165, 1.54) is 5.56 Å². The maximum absolute atomic E-state index is 13.4. The van der Waals surface area contributed by atoms with Crippen molar-refractivity contribution < 1.29 is 4.79 Å². The lowest BCUT2D eigenvalue weighted by molar-refractivity contribution is -0.134. The second-order valence-electron chi connectivity index (χ2n) is 8.31. The van der Waals surface area contributed by atoms with Crippen molar-refractivity contribution in [1.82, 2.24) is 24.8 Å². The minimum absolute atomic E-state index is 0.0916. The highest BCUT2D eigenvalue weighted by Gasteiger charge is 2.30. The highest BCUT2D eigenvalue weighted by molar-refractivity contribution is 5.80. The van der Waals surface area contributed by atoms with Gasteiger partial charge in [0.15, 0.2) is 0 Å². The van der Waals surface area contributed by atoms with Gasteiger partial charge in [0.25, 0.3) is 0 Å². The molecule has 1 aromatic carbocycles. The molecule has 0 unspecified atom stereocenters. The number of aryl methyl sites for hydroxylation is 1. The van der Waals surface area contributed by atoms with Crippen molar-refractivity contribution in [3.8, 4) is 11.1 Å². The van der Waals surface area contributed by atoms with Crippen LogP contribution in [0.2, 0.25) is 0 Å². The van der Waals surface area contributed by atoms with Crippen molar-refractivity contribution in [2.24, 2.45) is 5.92 Å². The van der Waals surface area contributed by atoms with Gasteiger partial charge in [0.2, 0.25) is 5.91 Å². The standard InChI is InChI=1S/C26H31N5O/c1-3-25-28-15-20(16-29-25)18-30-12-13-31(4-2)26(32)23(19-30)14-21-8-5-6-10-24(21)22-9-7-11-27-17-22/h5-11,15-17,23H,3-4,12-14,18-19H2,1-2H3/t23-/m0/s1. The fourth-order valence-corrected chi connectivity index (χ4v) is 4.39. The summed E-state index contributed by atoms with van der Waals surface area (Å²) in [6, 6.07) is 12.4. The Kier molecular flexibility index (Phi) is 7.22. The van der Waals surface area contributed by atoms with E-state index < -0.39 is 0 Å². The number of rotatable bonds is 7. The predicted octanol–water partition coefficient (Wildman–Crippen LogP) is 3.62. The van der Waals surface area contributed by atoms with Crippen LogP contribution >= 0.6 is 0 Å². The van der Waals surface area contributed by atoms with Crippen LogP contribution in [0.25, 0.3) is 11.1 Å². The predicted molar refractivity (Wildman–Crippen MR) is 126 cm³/mol. The Morgan fingerprint density at radius 1 is 1.00 bits per heavy atom. The normalized spacial score (nSPS) is 17.4. The first kappa shape index (κ1) is 22.1. The molecule has 1 aliphatic rings. The lowest BCUT2D eigenvalue weighted by atomic mass is 9.91. The molecule has 2 aromatic heterocycles. The zero-order valence-corrected chi connectivity index (χ0v) is 18.9. The molecule has 6 heteroatoms. The van der Waals surface area contributed by atoms with Crippen LogP contribution in [0.1, 0.15) is 30.8 Å². The van der Waals surface area contributed by atoms with Crippen LogP contribution in [0.3, 0.4) is 0 Å². The summed E-state index contributed by atoms with van der Waals surface area (Å²) in [6.07, 6.45) is 9.06. The van der Waals surface area contributed by atoms with Crippen LogP contribution in [0, 0.1) is 5.92 Å². The molecule has 0 saturated carbocycles. The maximum atomic E-state index is 13.4. The molecule has 4 rings (SSSR count). The Labute approximate surface area is 190 Å². The molecule has 32 heavy (non-hydrogen) atoms. The lowest BCUT2D eigenvalue weighted by Crippen LogP contribution is -2.37. The van der Waals surface area contributed by atoms with E-state index in [9.17, 15) is 4.79 Å². The van der Waals surface area contributed by atoms with Gasteiger partial charge in [-0.05, 0) is 30.5 Å². The third kappa shape index (κ3) is 5.19. The quantitative estimate of drug-likeness (QED) is 0.574. The Bertz CT molecular complexity index is 1020. The number of hydrogen-bond acceptors (Lipinski definition) is 5. The first-order chi connectivity index (χ1) is 15.7. The fraction of sp³-hybridized carbons (Fsp3) is 0.385. The molecule has 0 bridgehead atoms. The highest BCUT2D eigenvalue weighted by atomic mass is 16.2. The average Bonchev–Trinajstić information content (AvgIpc) is 2.99. The fourth-order valence-electron chi connectivity index (χ4n) is 4.39. The molecule has 0 aliphatic carbocycles. The lowest BCUT2D eigenvalue weighted by Gasteiger charge is -2.24. The topological polar surface area (TPSA) is 62.2 Å². The number of aromatic nitrogens is 3. The first-order valence-electron chi connectivity index (χ1n) is 11.5. The van der Waals surface area contributed by atoms with E-state index in [0.717, 1.165) is 61.7 Å². The van der Waals surface area contributed by atoms with Crippen LogP contribution in [-0.2, 0) is 24.2 Å². The van der Waals surface area contributed by atoms with Crippen molar-refractivity contribution in [2.45, 2.75) is 33.2 Å². The molecule has 0 spiro atoms. The van der Waals surface area contributed by atoms with Gasteiger partial charge >= 0.3 is 0 Å². The molecule has 166 valence electrons. The zero-order chi connectivity index (χ0) is 22.3. The van der Waals surface area contributed by atoms with Crippen molar-refractivity contribution in [3.63, 3.8) is 0 Å². The van der Waals surface area contributed by atoms with Crippen LogP contribution in [-0.4, -0.2) is 56.8 Å². The summed E-state index contributed by atoms with van der Waals surface area (Å²) in [4.78, 5) is 30.9. The summed E-state index contributed by atoms with van der Waals surface area (Å²) in [5.41, 5.74) is 4.51. The van der Waals surface area contributed by atoms with Gasteiger partial charge in [-0.15, -0.1) is 0 Å². The number of carbonyl (C=O) groups is 1. The summed E-state index contributed by atoms with van der Waals surface area (Å²) in [5, 5.41) is 0. The largest absolute Gasteiger partial charge is 0.341 e. The summed E-state index contributed by atoms with van der Waals surface area (Å²) < 4.78 is 0. The SMILES string of the molecule is CCc1ncc(CN2CCN(CC)C(=O)[C@@H](Cc3ccccc3-c3cccnc3)C2)cn1. The molecule has 1 saturated heterocycles. The molecule has 1 atom stereocenters. The number of amides is 1. The van der Waals surface area contributed by atoms with Gasteiger partial charge in [-0.3, -0.25) is 14.7 Å². The summed E-state index contributed by atoms with van der Waals surface area (Å²) in [7, 11) is 0. The van der Waals surface area contributed by atoms with E-state index >= 15 is 0 Å². The molecular weight excluding hydrogens is 398 g/mol. The molecular formula is C26H31N5O. The molecule has 6 nitrogen and oxygen atoms in total. The number of nitrogens with zero attached hydrogens (tertiary/aromatic N) is 5. The van der Waals surface area contributed by atoms with Gasteiger partial charge in [0.1, 0.15) is 5.82 Å². The minimum atomic E-state index is -0.0916. The van der Waals surface area contributed by atoms with Gasteiger partial charge in [-0.2, -0.15) is 0 Å². The highest BCUT2D eigenvalue weighted by Crippen LogP contribution is 2.27. The molecule has 0 N–H and O–H groups in total. The van der Waals surface area contributed by atoms with E-state index in [1.807, 2.05) is 35.6 Å². The van der Waals surface area contributed by atoms with Gasteiger partial charge < -0.3 is 4.90 Å². The summed E-state index contributed by atoms with van der Waals surface area (Å²) in [6.45, 7) is 7.96. The van der Waals surface area contributed by atoms with Crippen molar-refractivity contribution >= 4 is 5.91 Å². The van der Waals surface area contributed by atoms with Crippen LogP contribution in [0.5, 0.6) is 0 Å². The van der Waals surface area contributed by atoms with Gasteiger partial charge in [-0.1, -0.05) is 37.3 Å². The van der Waals surface area contributed by atoms with E-state index in [-0.39, 0.29) is 11.8 Å². The third-order valence-corrected chi connectivity index (χ3v) is 6.14. The molecule has 1 fully saturated rings. The third-order valence-electron chi connectivity index (χ3n) is 6.14. The molecule has 1 amide bonds. The van der Waals surface area contributed by atoms with Gasteiger partial charge in [-0.25, -0.2) is 9.97 Å². The smallest absolute Gasteiger partial charge is 0.227 e. The van der Waals surface area contributed by atoms with E-state index in [1.54, 1.807) is 6.20 Å². The Balaban J connectivity index is 1.56. The first-order valence-corrected chi connectivity index (χ1v) is 11.5. The van der Waals surface area contributed by atoms with Crippen LogP contribution in [0.4, 0.5) is 0 Å². The van der Waals surface area contributed by atoms with Gasteiger partial charge in [0, 0.05) is 75.1 Å². The number of benzene rings is 1. The van der Waals surface area contributed by atoms with Gasteiger partial charge in [0.05, 0.1) is 5.92 Å². The second kappa shape index (κ2) is 10.5. The monoisotopic (exact) mass is 429 g/mol. The van der Waals surface area contributed by atoms with Crippen LogP contribution < -0.4 is 0 Å². The number of likely N-dealkylation sites (N-methyl/N-ethyl adjacent to an activating group) is 1. The molecule has 0 radical (unpaired) electrons. The number of pyridine rings is 1. The molecule has 1 aliphatic heterocycles. The van der Waals surface area contributed by atoms with Crippen molar-refractivity contribution in [3.05, 3.63) is 78.1 Å². The Morgan fingerprint density at radius 3 is 2.53 bits per heavy atom. The van der Waals surface area contributed by atoms with Crippen molar-refractivity contribution in [1.29, 1.82) is 0 Å². The molecule has 3 heterocycles. The Hall–Kier alpha value is -3.12. The van der Waals surface area contributed by atoms with Crippen molar-refractivity contribution in [2.75, 3.05) is 26.2 Å². The molecule has 3 aromatic rings. The van der Waals surface area contributed by atoms with E-state index in [2.05, 4.69) is 58.0 Å². The van der Waals surface area contributed by atoms with E-state index in [4.69, 9.17) is 0 Å². The maximum Gasteiger partial charge on any atom is 0.227 e. The minimum Gasteiger partial charge on any atom is -0.341 e. The Morgan fingerprint density at radius 2 is 1.81 bits per heavy atom. The number of carbonyl (C=O) groups excluding carboxylic acids is 1. The van der Waals surface area contributed by atoms with Crippen LogP contribution in [0.15, 0.2) is 61.2 Å². The average molecular weight is 430 g/mol. The summed E-state index contributed by atoms with van der Waals surface area (Å²) >= 11 is 0. The summed E-state index contributed by atoms with van der Waals surface area (Å²) in [5.74, 6) is 1.02. The van der Waals surface area contributed by atoms with E-state index in [0.29, 0.717) is 6.42 Å².